The van der Waals surface area contributed by atoms with E-state index in [1.807, 2.05) is 0 Å². The Morgan fingerprint density at radius 2 is 0.825 bits per heavy atom. The third-order valence-electron chi connectivity index (χ3n) is 22.3. The van der Waals surface area contributed by atoms with Crippen molar-refractivity contribution in [3.8, 4) is 0 Å². The fourth-order valence-electron chi connectivity index (χ4n) is 21.9. The predicted octanol–water partition coefficient (Wildman–Crippen LogP) is 6.13. The molecular formula is C39H50O. The Hall–Kier alpha value is -0.0400. The molecule has 1 N–H and O–H groups in total. The molecule has 0 heterocycles. The van der Waals surface area contributed by atoms with Crippen molar-refractivity contribution in [2.45, 2.75) is 40.0 Å². The van der Waals surface area contributed by atoms with Gasteiger partial charge < -0.3 is 5.11 Å². The van der Waals surface area contributed by atoms with Crippen molar-refractivity contribution in [1.82, 2.24) is 0 Å². The van der Waals surface area contributed by atoms with Crippen LogP contribution in [0.2, 0.25) is 0 Å². The highest BCUT2D eigenvalue weighted by Gasteiger charge is 2.96. The third-order valence-corrected chi connectivity index (χ3v) is 22.3. The van der Waals surface area contributed by atoms with Gasteiger partial charge in [-0.1, -0.05) is 27.2 Å². The van der Waals surface area contributed by atoms with E-state index < -0.39 is 0 Å². The topological polar surface area (TPSA) is 20.2 Å². The van der Waals surface area contributed by atoms with E-state index in [-0.39, 0.29) is 0 Å². The Balaban J connectivity index is 0.682. The third kappa shape index (κ3) is 1.50. The highest BCUT2D eigenvalue weighted by molar-refractivity contribution is 5.43. The molecule has 32 unspecified atom stereocenters. The maximum Gasteiger partial charge on any atom is 0.0462 e. The molecule has 15 rings (SSSR count). The summed E-state index contributed by atoms with van der Waals surface area (Å²) in [5.41, 5.74) is 0. The Bertz CT molecular complexity index is 1330. The molecule has 0 bridgehead atoms. The van der Waals surface area contributed by atoms with E-state index in [1.54, 1.807) is 6.42 Å². The van der Waals surface area contributed by atoms with Gasteiger partial charge in [-0.15, -0.1) is 0 Å². The highest BCUT2D eigenvalue weighted by Crippen LogP contribution is 2.99. The standard InChI is InChI=1S/C39H50O/c1-4-8(2)14-10(7-40)5-13(14)15-9(3)16-19(15)23-20(16)24-27(23)31-28(24)32-35(31)39-36(32)37-33-29-25-21-17-11-6-12(11)18(17)22(21)26(25)30(29)34(33)38(37)39/h8-40H,4-7H2,1-3H3. The van der Waals surface area contributed by atoms with Crippen molar-refractivity contribution >= 4 is 0 Å². The van der Waals surface area contributed by atoms with E-state index >= 15 is 0 Å². The summed E-state index contributed by atoms with van der Waals surface area (Å²) in [7, 11) is 0. The maximum atomic E-state index is 10.1. The molecule has 0 aromatic carbocycles. The smallest absolute Gasteiger partial charge is 0.0462 e. The van der Waals surface area contributed by atoms with Gasteiger partial charge in [-0.2, -0.15) is 0 Å². The van der Waals surface area contributed by atoms with Crippen LogP contribution in [0.5, 0.6) is 0 Å². The quantitative estimate of drug-likeness (QED) is 0.430. The zero-order valence-corrected chi connectivity index (χ0v) is 24.8. The van der Waals surface area contributed by atoms with Gasteiger partial charge in [-0.25, -0.2) is 0 Å². The van der Waals surface area contributed by atoms with Gasteiger partial charge in [0.2, 0.25) is 0 Å². The van der Waals surface area contributed by atoms with Crippen LogP contribution in [0.3, 0.4) is 0 Å². The minimum atomic E-state index is 0.461. The average Bonchev–Trinajstić information content (AvgIpc) is 3.59. The molecule has 0 aromatic heterocycles. The Labute approximate surface area is 240 Å². The zero-order valence-electron chi connectivity index (χ0n) is 24.8. The molecular weight excluding hydrogens is 484 g/mol. The summed E-state index contributed by atoms with van der Waals surface area (Å²) in [6.45, 7) is 8.06. The van der Waals surface area contributed by atoms with Crippen LogP contribution < -0.4 is 0 Å². The second kappa shape index (κ2) is 5.62. The van der Waals surface area contributed by atoms with E-state index in [0.717, 1.165) is 41.4 Å². The van der Waals surface area contributed by atoms with Gasteiger partial charge in [0.15, 0.2) is 0 Å². The normalized spacial score (nSPS) is 87.2. The molecule has 0 radical (unpaired) electrons. The first kappa shape index (κ1) is 20.8. The van der Waals surface area contributed by atoms with Gasteiger partial charge in [0.1, 0.15) is 0 Å². The molecule has 0 aromatic rings. The lowest BCUT2D eigenvalue weighted by Crippen LogP contribution is -2.96. The lowest BCUT2D eigenvalue weighted by molar-refractivity contribution is -0.525. The molecule has 40 heavy (non-hydrogen) atoms. The molecule has 15 saturated carbocycles. The summed E-state index contributed by atoms with van der Waals surface area (Å²) in [6.07, 6.45) is 4.37. The van der Waals surface area contributed by atoms with E-state index in [1.165, 1.54) is 155 Å². The zero-order chi connectivity index (χ0) is 25.3. The molecule has 0 amide bonds. The first-order valence-electron chi connectivity index (χ1n) is 19.3. The Morgan fingerprint density at radius 1 is 0.475 bits per heavy atom. The lowest BCUT2D eigenvalue weighted by atomic mass is 9.05. The van der Waals surface area contributed by atoms with E-state index in [4.69, 9.17) is 0 Å². The van der Waals surface area contributed by atoms with E-state index in [2.05, 4.69) is 20.8 Å². The average molecular weight is 535 g/mol. The van der Waals surface area contributed by atoms with Crippen LogP contribution in [0.1, 0.15) is 40.0 Å². The number of aliphatic hydroxyl groups excluding tert-OH is 1. The van der Waals surface area contributed by atoms with Crippen molar-refractivity contribution in [2.24, 2.45) is 189 Å². The fraction of sp³-hybridized carbons (Fsp3) is 1.00. The molecule has 15 fully saturated rings. The molecule has 15 aliphatic rings. The molecule has 0 saturated heterocycles. The van der Waals surface area contributed by atoms with Crippen LogP contribution in [-0.4, -0.2) is 11.7 Å². The van der Waals surface area contributed by atoms with Gasteiger partial charge in [-0.3, -0.25) is 0 Å². The second-order valence-electron chi connectivity index (χ2n) is 20.7. The molecule has 0 spiro atoms. The van der Waals surface area contributed by atoms with Crippen molar-refractivity contribution < 1.29 is 5.11 Å². The summed E-state index contributed by atoms with van der Waals surface area (Å²) in [5.74, 6) is 38.2. The number of aliphatic hydroxyl groups is 1. The van der Waals surface area contributed by atoms with E-state index in [9.17, 15) is 5.11 Å². The van der Waals surface area contributed by atoms with Crippen LogP contribution in [0.15, 0.2) is 0 Å². The van der Waals surface area contributed by atoms with Crippen LogP contribution >= 0.6 is 0 Å². The van der Waals surface area contributed by atoms with Crippen LogP contribution in [0.25, 0.3) is 0 Å². The molecule has 15 aliphatic carbocycles. The molecule has 1 nitrogen and oxygen atoms in total. The molecule has 1 heteroatoms. The fourth-order valence-corrected chi connectivity index (χ4v) is 21.9. The van der Waals surface area contributed by atoms with Crippen molar-refractivity contribution in [1.29, 1.82) is 0 Å². The van der Waals surface area contributed by atoms with Crippen molar-refractivity contribution in [3.05, 3.63) is 0 Å². The van der Waals surface area contributed by atoms with Gasteiger partial charge in [-0.05, 0) is 202 Å². The van der Waals surface area contributed by atoms with Crippen LogP contribution in [0, 0.1) is 189 Å². The summed E-state index contributed by atoms with van der Waals surface area (Å²) in [5, 5.41) is 10.1. The van der Waals surface area contributed by atoms with E-state index in [0.29, 0.717) is 12.5 Å². The van der Waals surface area contributed by atoms with Gasteiger partial charge in [0.05, 0.1) is 0 Å². The Morgan fingerprint density at radius 3 is 1.20 bits per heavy atom. The van der Waals surface area contributed by atoms with Crippen molar-refractivity contribution in [3.63, 3.8) is 0 Å². The lowest BCUT2D eigenvalue weighted by Gasteiger charge is -2.99. The first-order chi connectivity index (χ1) is 19.7. The highest BCUT2D eigenvalue weighted by atomic mass is 16.3. The van der Waals surface area contributed by atoms with Crippen molar-refractivity contribution in [2.75, 3.05) is 6.61 Å². The van der Waals surface area contributed by atoms with Gasteiger partial charge in [0.25, 0.3) is 0 Å². The predicted molar refractivity (Wildman–Crippen MR) is 150 cm³/mol. The molecule has 212 valence electrons. The molecule has 0 aliphatic heterocycles. The number of hydrogen-bond acceptors (Lipinski definition) is 1. The van der Waals surface area contributed by atoms with Crippen LogP contribution in [-0.2, 0) is 0 Å². The van der Waals surface area contributed by atoms with Gasteiger partial charge in [0, 0.05) is 6.61 Å². The first-order valence-corrected chi connectivity index (χ1v) is 19.3. The maximum absolute atomic E-state index is 10.1. The summed E-state index contributed by atoms with van der Waals surface area (Å²) >= 11 is 0. The summed E-state index contributed by atoms with van der Waals surface area (Å²) in [4.78, 5) is 0. The summed E-state index contributed by atoms with van der Waals surface area (Å²) in [6, 6.07) is 0. The molecule has 32 atom stereocenters. The largest absolute Gasteiger partial charge is 0.396 e. The minimum Gasteiger partial charge on any atom is -0.396 e. The summed E-state index contributed by atoms with van der Waals surface area (Å²) < 4.78 is 0. The number of rotatable bonds is 4. The van der Waals surface area contributed by atoms with Crippen LogP contribution in [0.4, 0.5) is 0 Å². The SMILES string of the molecule is CCC(C)C1C(CO)CC1C1C(C)C2C1C1C2C2C1C1C2C2C1C1C2C2C3C4C5C6C7C8CC8C7C6C5C4C3C21. The Kier molecular flexibility index (Phi) is 2.93. The minimum absolute atomic E-state index is 0.461. The second-order valence-corrected chi connectivity index (χ2v) is 20.7. The monoisotopic (exact) mass is 534 g/mol. The van der Waals surface area contributed by atoms with Gasteiger partial charge >= 0.3 is 0 Å². The number of hydrogen-bond donors (Lipinski definition) is 1. The number of fused-ring (bicyclic) bond motifs is 37.